The number of fused-ring (bicyclic) bond motifs is 4. The van der Waals surface area contributed by atoms with Gasteiger partial charge in [0.05, 0.1) is 6.61 Å². The highest BCUT2D eigenvalue weighted by atomic mass is 19.1. The molecule has 6 heteroatoms. The topological polar surface area (TPSA) is 32.8 Å². The van der Waals surface area contributed by atoms with E-state index >= 15 is 0 Å². The molecule has 1 aromatic rings. The van der Waals surface area contributed by atoms with Crippen LogP contribution in [0.25, 0.3) is 0 Å². The zero-order valence-electron chi connectivity index (χ0n) is 14.7. The molecule has 3 aliphatic heterocycles. The highest BCUT2D eigenvalue weighted by Gasteiger charge is 2.35. The van der Waals surface area contributed by atoms with Gasteiger partial charge in [-0.2, -0.15) is 0 Å². The van der Waals surface area contributed by atoms with Gasteiger partial charge in [-0.25, -0.2) is 8.78 Å². The fourth-order valence-corrected chi connectivity index (χ4v) is 3.99. The van der Waals surface area contributed by atoms with Gasteiger partial charge < -0.3 is 9.64 Å². The third-order valence-corrected chi connectivity index (χ3v) is 5.39. The Bertz CT molecular complexity index is 611. The van der Waals surface area contributed by atoms with Crippen LogP contribution in [0.2, 0.25) is 0 Å². The molecule has 1 amide bonds. The van der Waals surface area contributed by atoms with Gasteiger partial charge in [0.25, 0.3) is 0 Å². The Kier molecular flexibility index (Phi) is 6.02. The van der Waals surface area contributed by atoms with Crippen molar-refractivity contribution in [2.75, 3.05) is 39.9 Å². The minimum atomic E-state index is -0.590. The molecule has 1 aromatic carbocycles. The molecule has 2 atom stereocenters. The number of amides is 1. The fourth-order valence-electron chi connectivity index (χ4n) is 3.99. The quantitative estimate of drug-likeness (QED) is 0.789. The number of methoxy groups -OCH3 is 1. The number of ether oxygens (including phenoxy) is 1. The van der Waals surface area contributed by atoms with Crippen LogP contribution in [0, 0.1) is 17.6 Å². The zero-order chi connectivity index (χ0) is 17.8. The second-order valence-electron chi connectivity index (χ2n) is 7.12. The first kappa shape index (κ1) is 18.3. The molecule has 0 unspecified atom stereocenters. The van der Waals surface area contributed by atoms with Crippen molar-refractivity contribution in [1.82, 2.24) is 9.80 Å². The Balaban J connectivity index is 1.57. The van der Waals surface area contributed by atoms with Crippen LogP contribution in [0.4, 0.5) is 8.78 Å². The number of piperidine rings is 1. The van der Waals surface area contributed by atoms with Gasteiger partial charge in [-0.05, 0) is 36.8 Å². The maximum absolute atomic E-state index is 13.7. The number of hydrogen-bond donors (Lipinski definition) is 0. The molecule has 3 saturated heterocycles. The molecule has 0 aromatic heterocycles. The fraction of sp³-hybridized carbons (Fsp3) is 0.632. The molecule has 0 spiro atoms. The van der Waals surface area contributed by atoms with Crippen LogP contribution in [0.1, 0.15) is 24.8 Å². The summed E-state index contributed by atoms with van der Waals surface area (Å²) >= 11 is 0. The van der Waals surface area contributed by atoms with Crippen molar-refractivity contribution in [2.45, 2.75) is 31.7 Å². The monoisotopic (exact) mass is 352 g/mol. The van der Waals surface area contributed by atoms with Gasteiger partial charge in [0.15, 0.2) is 0 Å². The summed E-state index contributed by atoms with van der Waals surface area (Å²) in [4.78, 5) is 17.0. The Morgan fingerprint density at radius 2 is 2.08 bits per heavy atom. The first-order valence-electron chi connectivity index (χ1n) is 9.01. The van der Waals surface area contributed by atoms with Crippen LogP contribution in [0.15, 0.2) is 18.2 Å². The average molecular weight is 352 g/mol. The van der Waals surface area contributed by atoms with Crippen LogP contribution in [-0.4, -0.2) is 61.6 Å². The summed E-state index contributed by atoms with van der Waals surface area (Å²) in [5, 5.41) is 0. The molecule has 25 heavy (non-hydrogen) atoms. The van der Waals surface area contributed by atoms with Gasteiger partial charge in [-0.15, -0.1) is 0 Å². The molecule has 4 rings (SSSR count). The van der Waals surface area contributed by atoms with E-state index in [1.54, 1.807) is 7.11 Å². The molecule has 0 saturated carbocycles. The summed E-state index contributed by atoms with van der Waals surface area (Å²) in [6.45, 7) is 4.15. The first-order chi connectivity index (χ1) is 12.1. The smallest absolute Gasteiger partial charge is 0.222 e. The molecular weight excluding hydrogens is 326 g/mol. The van der Waals surface area contributed by atoms with Gasteiger partial charge in [-0.1, -0.05) is 6.07 Å². The Morgan fingerprint density at radius 3 is 2.84 bits per heavy atom. The van der Waals surface area contributed by atoms with E-state index in [-0.39, 0.29) is 12.3 Å². The van der Waals surface area contributed by atoms with Gasteiger partial charge in [0, 0.05) is 51.8 Å². The van der Waals surface area contributed by atoms with Crippen molar-refractivity contribution >= 4 is 5.91 Å². The molecular formula is C19H26F2N2O2. The molecule has 138 valence electrons. The lowest BCUT2D eigenvalue weighted by molar-refractivity contribution is -0.131. The Morgan fingerprint density at radius 1 is 1.24 bits per heavy atom. The number of aryl methyl sites for hydroxylation is 1. The minimum absolute atomic E-state index is 0.0641. The van der Waals surface area contributed by atoms with Crippen molar-refractivity contribution in [1.29, 1.82) is 0 Å². The second-order valence-corrected chi connectivity index (χ2v) is 7.12. The van der Waals surface area contributed by atoms with E-state index in [1.165, 1.54) is 12.1 Å². The molecule has 0 N–H and O–H groups in total. The molecule has 3 aliphatic rings. The summed E-state index contributed by atoms with van der Waals surface area (Å²) in [7, 11) is 1.71. The highest BCUT2D eigenvalue weighted by molar-refractivity contribution is 5.76. The molecule has 0 aliphatic carbocycles. The lowest BCUT2D eigenvalue weighted by Gasteiger charge is -2.35. The molecule has 4 nitrogen and oxygen atoms in total. The van der Waals surface area contributed by atoms with Gasteiger partial charge in [-0.3, -0.25) is 9.69 Å². The molecule has 3 heterocycles. The summed E-state index contributed by atoms with van der Waals surface area (Å²) < 4.78 is 31.9. The number of carbonyl (C=O) groups excluding carboxylic acids is 1. The van der Waals surface area contributed by atoms with Crippen LogP contribution in [-0.2, 0) is 16.0 Å². The van der Waals surface area contributed by atoms with Crippen molar-refractivity contribution < 1.29 is 18.3 Å². The molecule has 0 radical (unpaired) electrons. The van der Waals surface area contributed by atoms with E-state index < -0.39 is 11.6 Å². The van der Waals surface area contributed by atoms with Crippen LogP contribution in [0.3, 0.4) is 0 Å². The van der Waals surface area contributed by atoms with Crippen molar-refractivity contribution in [2.24, 2.45) is 5.92 Å². The number of hydrogen-bond acceptors (Lipinski definition) is 3. The van der Waals surface area contributed by atoms with Crippen LogP contribution in [0.5, 0.6) is 0 Å². The third-order valence-electron chi connectivity index (χ3n) is 5.39. The number of halogens is 2. The SMILES string of the molecule is COCCN1C[C@H]2CC[C@@H]1CN(C(=O)CCc1ccc(F)cc1F)C2. The summed E-state index contributed by atoms with van der Waals surface area (Å²) in [6, 6.07) is 3.93. The second kappa shape index (κ2) is 8.23. The lowest BCUT2D eigenvalue weighted by atomic mass is 9.95. The normalized spacial score (nSPS) is 23.7. The maximum Gasteiger partial charge on any atom is 0.222 e. The predicted octanol–water partition coefficient (Wildman–Crippen LogP) is 2.47. The Hall–Kier alpha value is -1.53. The third kappa shape index (κ3) is 4.55. The lowest BCUT2D eigenvalue weighted by Crippen LogP contribution is -2.45. The minimum Gasteiger partial charge on any atom is -0.383 e. The van der Waals surface area contributed by atoms with Crippen molar-refractivity contribution in [3.05, 3.63) is 35.4 Å². The summed E-state index contributed by atoms with van der Waals surface area (Å²) in [6.07, 6.45) is 2.85. The first-order valence-corrected chi connectivity index (χ1v) is 9.01. The number of carbonyl (C=O) groups is 1. The molecule has 2 bridgehead atoms. The Labute approximate surface area is 147 Å². The predicted molar refractivity (Wildman–Crippen MR) is 91.2 cm³/mol. The summed E-state index contributed by atoms with van der Waals surface area (Å²) in [5.41, 5.74) is 0.397. The van der Waals surface area contributed by atoms with E-state index in [2.05, 4.69) is 4.90 Å². The van der Waals surface area contributed by atoms with Crippen LogP contribution < -0.4 is 0 Å². The average Bonchev–Trinajstić information content (AvgIpc) is 2.91. The van der Waals surface area contributed by atoms with E-state index in [4.69, 9.17) is 4.74 Å². The van der Waals surface area contributed by atoms with Gasteiger partial charge in [0.1, 0.15) is 11.6 Å². The van der Waals surface area contributed by atoms with Gasteiger partial charge >= 0.3 is 0 Å². The standard InChI is InChI=1S/C19H26F2N2O2/c1-25-9-8-22-11-14-2-6-17(22)13-23(12-14)19(24)7-4-15-3-5-16(20)10-18(15)21/h3,5,10,14,17H,2,4,6-9,11-13H2,1H3/t14-,17-/m1/s1. The maximum atomic E-state index is 13.7. The molecule has 3 fully saturated rings. The van der Waals surface area contributed by atoms with E-state index in [0.717, 1.165) is 45.1 Å². The zero-order valence-corrected chi connectivity index (χ0v) is 14.7. The number of rotatable bonds is 6. The van der Waals surface area contributed by atoms with Crippen LogP contribution >= 0.6 is 0 Å². The summed E-state index contributed by atoms with van der Waals surface area (Å²) in [5.74, 6) is -0.598. The number of nitrogens with zero attached hydrogens (tertiary/aromatic N) is 2. The van der Waals surface area contributed by atoms with E-state index in [1.807, 2.05) is 4.90 Å². The van der Waals surface area contributed by atoms with Crippen molar-refractivity contribution in [3.63, 3.8) is 0 Å². The van der Waals surface area contributed by atoms with E-state index in [0.29, 0.717) is 30.6 Å². The highest BCUT2D eigenvalue weighted by Crippen LogP contribution is 2.28. The number of benzene rings is 1. The van der Waals surface area contributed by atoms with Gasteiger partial charge in [0.2, 0.25) is 5.91 Å². The van der Waals surface area contributed by atoms with Crippen molar-refractivity contribution in [3.8, 4) is 0 Å². The largest absolute Gasteiger partial charge is 0.383 e. The van der Waals surface area contributed by atoms with E-state index in [9.17, 15) is 13.6 Å².